The Morgan fingerprint density at radius 2 is 2.29 bits per heavy atom. The van der Waals surface area contributed by atoms with E-state index in [4.69, 9.17) is 4.74 Å². The first-order chi connectivity index (χ1) is 6.72. The fraction of sp³-hybridized carbons (Fsp3) is 0.500. The molecule has 0 aliphatic carbocycles. The minimum Gasteiger partial charge on any atom is -0.383 e. The van der Waals surface area contributed by atoms with E-state index in [0.29, 0.717) is 0 Å². The fourth-order valence-corrected chi connectivity index (χ4v) is 1.34. The van der Waals surface area contributed by atoms with Gasteiger partial charge < -0.3 is 4.74 Å². The molecule has 0 spiro atoms. The van der Waals surface area contributed by atoms with Crippen molar-refractivity contribution >= 4 is 15.9 Å². The Balaban J connectivity index is 2.39. The van der Waals surface area contributed by atoms with Gasteiger partial charge in [0.1, 0.15) is 0 Å². The van der Waals surface area contributed by atoms with Gasteiger partial charge in [0.15, 0.2) is 0 Å². The quantitative estimate of drug-likeness (QED) is 0.807. The molecule has 0 atom stereocenters. The molecule has 1 heterocycles. The zero-order chi connectivity index (χ0) is 10.4. The van der Waals surface area contributed by atoms with Crippen molar-refractivity contribution in [1.82, 2.24) is 9.88 Å². The number of likely N-dealkylation sites (N-methyl/N-ethyl adjacent to an activating group) is 1. The van der Waals surface area contributed by atoms with Gasteiger partial charge >= 0.3 is 0 Å². The van der Waals surface area contributed by atoms with Crippen LogP contribution < -0.4 is 0 Å². The maximum absolute atomic E-state index is 5.00. The highest BCUT2D eigenvalue weighted by molar-refractivity contribution is 9.10. The first kappa shape index (κ1) is 11.6. The molecule has 0 N–H and O–H groups in total. The van der Waals surface area contributed by atoms with Gasteiger partial charge in [-0.05, 0) is 35.1 Å². The van der Waals surface area contributed by atoms with Crippen LogP contribution in [0, 0.1) is 0 Å². The highest BCUT2D eigenvalue weighted by Gasteiger charge is 2.00. The highest BCUT2D eigenvalue weighted by atomic mass is 79.9. The number of hydrogen-bond donors (Lipinski definition) is 0. The summed E-state index contributed by atoms with van der Waals surface area (Å²) in [4.78, 5) is 6.48. The molecule has 0 aliphatic rings. The van der Waals surface area contributed by atoms with Crippen LogP contribution in [0.1, 0.15) is 5.69 Å². The summed E-state index contributed by atoms with van der Waals surface area (Å²) in [5.41, 5.74) is 1.08. The Labute approximate surface area is 93.2 Å². The van der Waals surface area contributed by atoms with Crippen LogP contribution in [-0.4, -0.2) is 37.2 Å². The van der Waals surface area contributed by atoms with Crippen LogP contribution in [0.15, 0.2) is 22.8 Å². The summed E-state index contributed by atoms with van der Waals surface area (Å²) in [6, 6.07) is 4.03. The maximum atomic E-state index is 5.00. The lowest BCUT2D eigenvalue weighted by Gasteiger charge is -2.15. The molecule has 0 aromatic carbocycles. The van der Waals surface area contributed by atoms with Gasteiger partial charge in [0.05, 0.1) is 12.3 Å². The fourth-order valence-electron chi connectivity index (χ4n) is 1.10. The molecule has 0 saturated carbocycles. The van der Waals surface area contributed by atoms with Crippen molar-refractivity contribution in [3.8, 4) is 0 Å². The predicted molar refractivity (Wildman–Crippen MR) is 60.1 cm³/mol. The van der Waals surface area contributed by atoms with Crippen LogP contribution in [0.3, 0.4) is 0 Å². The van der Waals surface area contributed by atoms with Crippen LogP contribution >= 0.6 is 15.9 Å². The summed E-state index contributed by atoms with van der Waals surface area (Å²) in [6.45, 7) is 2.54. The third-order valence-corrected chi connectivity index (χ3v) is 2.37. The minimum absolute atomic E-state index is 0.757. The maximum Gasteiger partial charge on any atom is 0.0589 e. The molecule has 4 heteroatoms. The molecule has 14 heavy (non-hydrogen) atoms. The van der Waals surface area contributed by atoms with Gasteiger partial charge in [-0.1, -0.05) is 0 Å². The van der Waals surface area contributed by atoms with E-state index in [1.165, 1.54) is 0 Å². The first-order valence-electron chi connectivity index (χ1n) is 4.50. The number of halogens is 1. The van der Waals surface area contributed by atoms with Gasteiger partial charge in [-0.15, -0.1) is 0 Å². The molecule has 0 radical (unpaired) electrons. The van der Waals surface area contributed by atoms with E-state index in [1.54, 1.807) is 7.11 Å². The molecule has 0 bridgehead atoms. The summed E-state index contributed by atoms with van der Waals surface area (Å²) in [5, 5.41) is 0. The summed E-state index contributed by atoms with van der Waals surface area (Å²) in [7, 11) is 3.77. The van der Waals surface area contributed by atoms with Crippen LogP contribution in [-0.2, 0) is 11.3 Å². The van der Waals surface area contributed by atoms with E-state index in [2.05, 4.69) is 32.9 Å². The van der Waals surface area contributed by atoms with Crippen LogP contribution in [0.5, 0.6) is 0 Å². The van der Waals surface area contributed by atoms with Crippen molar-refractivity contribution in [2.24, 2.45) is 0 Å². The summed E-state index contributed by atoms with van der Waals surface area (Å²) >= 11 is 3.36. The van der Waals surface area contributed by atoms with Crippen molar-refractivity contribution < 1.29 is 4.74 Å². The number of nitrogens with zero attached hydrogens (tertiary/aromatic N) is 2. The second-order valence-electron chi connectivity index (χ2n) is 3.20. The molecular formula is C10H15BrN2O. The summed E-state index contributed by atoms with van der Waals surface area (Å²) < 4.78 is 6.01. The summed E-state index contributed by atoms with van der Waals surface area (Å²) in [6.07, 6.45) is 1.82. The molecule has 3 nitrogen and oxygen atoms in total. The minimum atomic E-state index is 0.757. The number of pyridine rings is 1. The molecule has 1 aromatic heterocycles. The third kappa shape index (κ3) is 4.17. The van der Waals surface area contributed by atoms with Gasteiger partial charge in [-0.25, -0.2) is 0 Å². The van der Waals surface area contributed by atoms with Crippen molar-refractivity contribution in [3.63, 3.8) is 0 Å². The molecule has 0 amide bonds. The van der Waals surface area contributed by atoms with Crippen LogP contribution in [0.25, 0.3) is 0 Å². The topological polar surface area (TPSA) is 25.4 Å². The molecule has 0 saturated heterocycles. The number of hydrogen-bond acceptors (Lipinski definition) is 3. The molecule has 0 unspecified atom stereocenters. The zero-order valence-corrected chi connectivity index (χ0v) is 10.1. The average Bonchev–Trinajstić information content (AvgIpc) is 2.18. The molecule has 78 valence electrons. The largest absolute Gasteiger partial charge is 0.383 e. The molecule has 0 fully saturated rings. The number of aromatic nitrogens is 1. The van der Waals surface area contributed by atoms with Gasteiger partial charge in [-0.3, -0.25) is 9.88 Å². The number of methoxy groups -OCH3 is 1. The first-order valence-corrected chi connectivity index (χ1v) is 5.29. The van der Waals surface area contributed by atoms with Crippen molar-refractivity contribution in [2.45, 2.75) is 6.54 Å². The van der Waals surface area contributed by atoms with Crippen LogP contribution in [0.2, 0.25) is 0 Å². The Bertz CT molecular complexity index is 263. The second kappa shape index (κ2) is 6.11. The van der Waals surface area contributed by atoms with Crippen molar-refractivity contribution in [3.05, 3.63) is 28.5 Å². The summed E-state index contributed by atoms with van der Waals surface area (Å²) in [5.74, 6) is 0. The smallest absolute Gasteiger partial charge is 0.0589 e. The molecule has 1 rings (SSSR count). The third-order valence-electron chi connectivity index (χ3n) is 1.90. The highest BCUT2D eigenvalue weighted by Crippen LogP contribution is 2.08. The SMILES string of the molecule is COCCN(C)Cc1ccc(Br)cn1. The Morgan fingerprint density at radius 3 is 2.86 bits per heavy atom. The van der Waals surface area contributed by atoms with Gasteiger partial charge in [0.25, 0.3) is 0 Å². The van der Waals surface area contributed by atoms with Gasteiger partial charge in [0, 0.05) is 30.9 Å². The van der Waals surface area contributed by atoms with Crippen molar-refractivity contribution in [1.29, 1.82) is 0 Å². The lowest BCUT2D eigenvalue weighted by Crippen LogP contribution is -2.22. The van der Waals surface area contributed by atoms with E-state index in [9.17, 15) is 0 Å². The number of ether oxygens (including phenoxy) is 1. The lowest BCUT2D eigenvalue weighted by molar-refractivity contribution is 0.158. The van der Waals surface area contributed by atoms with E-state index < -0.39 is 0 Å². The lowest BCUT2D eigenvalue weighted by atomic mass is 10.3. The second-order valence-corrected chi connectivity index (χ2v) is 4.11. The van der Waals surface area contributed by atoms with Crippen molar-refractivity contribution in [2.75, 3.05) is 27.3 Å². The average molecular weight is 259 g/mol. The zero-order valence-electron chi connectivity index (χ0n) is 8.53. The van der Waals surface area contributed by atoms with E-state index in [-0.39, 0.29) is 0 Å². The normalized spacial score (nSPS) is 10.9. The van der Waals surface area contributed by atoms with Crippen LogP contribution in [0.4, 0.5) is 0 Å². The van der Waals surface area contributed by atoms with Gasteiger partial charge in [-0.2, -0.15) is 0 Å². The predicted octanol–water partition coefficient (Wildman–Crippen LogP) is 1.92. The van der Waals surface area contributed by atoms with E-state index in [0.717, 1.165) is 29.9 Å². The Morgan fingerprint density at radius 1 is 1.50 bits per heavy atom. The number of rotatable bonds is 5. The van der Waals surface area contributed by atoms with E-state index in [1.807, 2.05) is 18.3 Å². The standard InChI is InChI=1S/C10H15BrN2O/c1-13(5-6-14-2)8-10-4-3-9(11)7-12-10/h3-4,7H,5-6,8H2,1-2H3. The molecule has 0 aliphatic heterocycles. The van der Waals surface area contributed by atoms with E-state index >= 15 is 0 Å². The molecule has 1 aromatic rings. The van der Waals surface area contributed by atoms with Gasteiger partial charge in [0.2, 0.25) is 0 Å². The monoisotopic (exact) mass is 258 g/mol. The molecular weight excluding hydrogens is 244 g/mol. The Hall–Kier alpha value is -0.450. The Kier molecular flexibility index (Phi) is 5.07.